The molecule has 0 unspecified atom stereocenters. The van der Waals surface area contributed by atoms with Gasteiger partial charge in [0, 0.05) is 14.0 Å². The van der Waals surface area contributed by atoms with E-state index in [1.54, 1.807) is 25.2 Å². The molecule has 88 valence electrons. The topological polar surface area (TPSA) is 66.1 Å². The second-order valence-electron chi connectivity index (χ2n) is 3.90. The molecule has 0 atom stereocenters. The van der Waals surface area contributed by atoms with E-state index in [1.807, 2.05) is 6.07 Å². The summed E-state index contributed by atoms with van der Waals surface area (Å²) in [5.41, 5.74) is 0.464. The Labute approximate surface area is 98.1 Å². The zero-order valence-electron chi connectivity index (χ0n) is 9.73. The van der Waals surface area contributed by atoms with Gasteiger partial charge in [-0.25, -0.2) is 4.98 Å². The van der Waals surface area contributed by atoms with Crippen molar-refractivity contribution >= 4 is 16.8 Å². The monoisotopic (exact) mass is 231 g/mol. The van der Waals surface area contributed by atoms with Gasteiger partial charge in [-0.2, -0.15) is 0 Å². The standard InChI is InChI=1S/C12H13N3O2/c1-8(16)15(2)7-11-13-10-6-4-3-5-9(10)12(17)14-11/h3-6H,7H2,1-2H3,(H,13,14,17). The average molecular weight is 231 g/mol. The van der Waals surface area contributed by atoms with E-state index in [0.717, 1.165) is 0 Å². The molecule has 0 saturated carbocycles. The number of fused-ring (bicyclic) bond motifs is 1. The Kier molecular flexibility index (Phi) is 2.91. The molecule has 0 bridgehead atoms. The fraction of sp³-hybridized carbons (Fsp3) is 0.250. The maximum atomic E-state index is 11.8. The van der Waals surface area contributed by atoms with Crippen molar-refractivity contribution in [3.8, 4) is 0 Å². The third-order valence-electron chi connectivity index (χ3n) is 2.59. The molecule has 1 heterocycles. The number of benzene rings is 1. The number of nitrogens with one attached hydrogen (secondary N) is 1. The minimum atomic E-state index is -0.178. The number of H-pyrrole nitrogens is 1. The summed E-state index contributed by atoms with van der Waals surface area (Å²) in [7, 11) is 1.66. The number of rotatable bonds is 2. The lowest BCUT2D eigenvalue weighted by atomic mass is 10.2. The maximum absolute atomic E-state index is 11.8. The lowest BCUT2D eigenvalue weighted by Gasteiger charge is -2.13. The van der Waals surface area contributed by atoms with Crippen LogP contribution in [0.3, 0.4) is 0 Å². The number of hydrogen-bond donors (Lipinski definition) is 1. The SMILES string of the molecule is CC(=O)N(C)Cc1nc2ccccc2c(=O)[nH]1. The number of hydrogen-bond acceptors (Lipinski definition) is 3. The van der Waals surface area contributed by atoms with Crippen molar-refractivity contribution in [3.05, 3.63) is 40.4 Å². The van der Waals surface area contributed by atoms with E-state index < -0.39 is 0 Å². The van der Waals surface area contributed by atoms with Gasteiger partial charge in [-0.3, -0.25) is 9.59 Å². The smallest absolute Gasteiger partial charge is 0.258 e. The number of nitrogens with zero attached hydrogens (tertiary/aromatic N) is 2. The summed E-state index contributed by atoms with van der Waals surface area (Å²) < 4.78 is 0. The minimum absolute atomic E-state index is 0.0687. The molecule has 1 amide bonds. The molecule has 0 aliphatic rings. The van der Waals surface area contributed by atoms with Gasteiger partial charge in [0.2, 0.25) is 5.91 Å². The molecule has 0 aliphatic heterocycles. The van der Waals surface area contributed by atoms with Crippen molar-refractivity contribution in [3.63, 3.8) is 0 Å². The van der Waals surface area contributed by atoms with Crippen LogP contribution in [0.25, 0.3) is 10.9 Å². The molecule has 17 heavy (non-hydrogen) atoms. The summed E-state index contributed by atoms with van der Waals surface area (Å²) in [6, 6.07) is 7.12. The summed E-state index contributed by atoms with van der Waals surface area (Å²) >= 11 is 0. The van der Waals surface area contributed by atoms with Gasteiger partial charge >= 0.3 is 0 Å². The van der Waals surface area contributed by atoms with Crippen molar-refractivity contribution in [1.29, 1.82) is 0 Å². The highest BCUT2D eigenvalue weighted by Crippen LogP contribution is 2.06. The van der Waals surface area contributed by atoms with Crippen LogP contribution in [-0.4, -0.2) is 27.8 Å². The van der Waals surface area contributed by atoms with Crippen LogP contribution in [0, 0.1) is 0 Å². The Morgan fingerprint density at radius 1 is 1.41 bits per heavy atom. The Balaban J connectivity index is 2.44. The van der Waals surface area contributed by atoms with E-state index in [1.165, 1.54) is 11.8 Å². The van der Waals surface area contributed by atoms with Crippen LogP contribution in [0.5, 0.6) is 0 Å². The van der Waals surface area contributed by atoms with Gasteiger partial charge in [0.1, 0.15) is 5.82 Å². The summed E-state index contributed by atoms with van der Waals surface area (Å²) in [4.78, 5) is 31.3. The van der Waals surface area contributed by atoms with Crippen LogP contribution in [-0.2, 0) is 11.3 Å². The highest BCUT2D eigenvalue weighted by Gasteiger charge is 2.07. The number of para-hydroxylation sites is 1. The van der Waals surface area contributed by atoms with Gasteiger partial charge in [-0.15, -0.1) is 0 Å². The van der Waals surface area contributed by atoms with Crippen LogP contribution in [0.15, 0.2) is 29.1 Å². The summed E-state index contributed by atoms with van der Waals surface area (Å²) in [5.74, 6) is 0.423. The molecule has 5 heteroatoms. The Morgan fingerprint density at radius 3 is 2.82 bits per heavy atom. The first-order chi connectivity index (χ1) is 8.08. The zero-order valence-corrected chi connectivity index (χ0v) is 9.73. The van der Waals surface area contributed by atoms with Crippen molar-refractivity contribution in [2.75, 3.05) is 7.05 Å². The lowest BCUT2D eigenvalue weighted by molar-refractivity contribution is -0.128. The predicted molar refractivity (Wildman–Crippen MR) is 64.5 cm³/mol. The van der Waals surface area contributed by atoms with Gasteiger partial charge < -0.3 is 9.88 Å². The molecular weight excluding hydrogens is 218 g/mol. The Morgan fingerprint density at radius 2 is 2.12 bits per heavy atom. The largest absolute Gasteiger partial charge is 0.339 e. The Hall–Kier alpha value is -2.17. The third-order valence-corrected chi connectivity index (χ3v) is 2.59. The van der Waals surface area contributed by atoms with Crippen LogP contribution in [0.4, 0.5) is 0 Å². The van der Waals surface area contributed by atoms with Crippen LogP contribution < -0.4 is 5.56 Å². The van der Waals surface area contributed by atoms with E-state index >= 15 is 0 Å². The van der Waals surface area contributed by atoms with Crippen LogP contribution in [0.1, 0.15) is 12.7 Å². The molecule has 1 aromatic heterocycles. The molecule has 0 spiro atoms. The zero-order chi connectivity index (χ0) is 12.4. The Bertz CT molecular complexity index is 618. The first kappa shape index (κ1) is 11.3. The molecule has 1 N–H and O–H groups in total. The minimum Gasteiger partial charge on any atom is -0.339 e. The molecule has 2 rings (SSSR count). The van der Waals surface area contributed by atoms with Crippen molar-refractivity contribution < 1.29 is 4.79 Å². The van der Waals surface area contributed by atoms with E-state index in [-0.39, 0.29) is 11.5 Å². The number of carbonyl (C=O) groups excluding carboxylic acids is 1. The van der Waals surface area contributed by atoms with Crippen molar-refractivity contribution in [1.82, 2.24) is 14.9 Å². The number of aromatic nitrogens is 2. The first-order valence-corrected chi connectivity index (χ1v) is 5.27. The molecule has 5 nitrogen and oxygen atoms in total. The van der Waals surface area contributed by atoms with Gasteiger partial charge in [-0.05, 0) is 12.1 Å². The fourth-order valence-electron chi connectivity index (χ4n) is 1.55. The number of aromatic amines is 1. The number of carbonyl (C=O) groups is 1. The molecular formula is C12H13N3O2. The highest BCUT2D eigenvalue weighted by atomic mass is 16.2. The molecule has 0 radical (unpaired) electrons. The third kappa shape index (κ3) is 2.33. The van der Waals surface area contributed by atoms with Gasteiger partial charge in [0.05, 0.1) is 17.4 Å². The van der Waals surface area contributed by atoms with E-state index in [9.17, 15) is 9.59 Å². The first-order valence-electron chi connectivity index (χ1n) is 5.27. The van der Waals surface area contributed by atoms with E-state index in [2.05, 4.69) is 9.97 Å². The molecule has 0 fully saturated rings. The van der Waals surface area contributed by atoms with Crippen LogP contribution >= 0.6 is 0 Å². The van der Waals surface area contributed by atoms with Crippen molar-refractivity contribution in [2.24, 2.45) is 0 Å². The highest BCUT2D eigenvalue weighted by molar-refractivity contribution is 5.77. The van der Waals surface area contributed by atoms with Gasteiger partial charge in [0.15, 0.2) is 0 Å². The molecule has 0 aliphatic carbocycles. The number of amides is 1. The van der Waals surface area contributed by atoms with Gasteiger partial charge in [0.25, 0.3) is 5.56 Å². The quantitative estimate of drug-likeness (QED) is 0.835. The molecule has 0 saturated heterocycles. The molecule has 2 aromatic rings. The van der Waals surface area contributed by atoms with E-state index in [0.29, 0.717) is 23.3 Å². The van der Waals surface area contributed by atoms with Gasteiger partial charge in [-0.1, -0.05) is 12.1 Å². The molecule has 1 aromatic carbocycles. The normalized spacial score (nSPS) is 10.5. The van der Waals surface area contributed by atoms with Crippen LogP contribution in [0.2, 0.25) is 0 Å². The van der Waals surface area contributed by atoms with Crippen molar-refractivity contribution in [2.45, 2.75) is 13.5 Å². The lowest BCUT2D eigenvalue weighted by Crippen LogP contribution is -2.25. The predicted octanol–water partition coefficient (Wildman–Crippen LogP) is 0.901. The van der Waals surface area contributed by atoms with E-state index in [4.69, 9.17) is 0 Å². The maximum Gasteiger partial charge on any atom is 0.258 e. The fourth-order valence-corrected chi connectivity index (χ4v) is 1.55. The summed E-state index contributed by atoms with van der Waals surface area (Å²) in [6.45, 7) is 1.77. The second-order valence-corrected chi connectivity index (χ2v) is 3.90. The summed E-state index contributed by atoms with van der Waals surface area (Å²) in [5, 5.41) is 0.557. The second kappa shape index (κ2) is 4.37. The average Bonchev–Trinajstić information content (AvgIpc) is 2.29. The summed E-state index contributed by atoms with van der Waals surface area (Å²) in [6.07, 6.45) is 0.